The Bertz CT molecular complexity index is 10400. The maximum Gasteiger partial charge on any atom is 0.333 e. The van der Waals surface area contributed by atoms with Gasteiger partial charge in [0.2, 0.25) is 11.9 Å². The number of rotatable bonds is 4. The summed E-state index contributed by atoms with van der Waals surface area (Å²) in [6, 6.07) is 121. The first-order chi connectivity index (χ1) is 63.9. The topological polar surface area (TPSA) is 148 Å². The maximum absolute atomic E-state index is 7.87. The van der Waals surface area contributed by atoms with Gasteiger partial charge in [-0.2, -0.15) is 15.0 Å². The van der Waals surface area contributed by atoms with Crippen LogP contribution < -0.4 is 0 Å². The molecule has 0 spiro atoms. The van der Waals surface area contributed by atoms with Crippen molar-refractivity contribution in [3.8, 4) is 29.1 Å². The molecular weight excluding hydrogens is 1580 g/mol. The molecule has 16 nitrogen and oxygen atoms in total. The van der Waals surface area contributed by atoms with Crippen molar-refractivity contribution >= 4 is 251 Å². The van der Waals surface area contributed by atoms with E-state index in [-0.39, 0.29) is 0 Å². The largest absolute Gasteiger partial charge is 0.360 e. The lowest BCUT2D eigenvalue weighted by Crippen LogP contribution is -2.04. The summed E-state index contributed by atoms with van der Waals surface area (Å²) in [5, 5.41) is 32.1. The number of pyridine rings is 3. The smallest absolute Gasteiger partial charge is 0.333 e. The number of nitrogens with zero attached hydrogens (tertiary/aromatic N) is 16. The van der Waals surface area contributed by atoms with Gasteiger partial charge in [0.1, 0.15) is 0 Å². The second-order valence-electron chi connectivity index (χ2n) is 33.7. The van der Waals surface area contributed by atoms with Gasteiger partial charge < -0.3 is 18.0 Å². The second kappa shape index (κ2) is 25.8. The third-order valence-corrected chi connectivity index (χ3v) is 27.3. The van der Waals surface area contributed by atoms with Crippen molar-refractivity contribution in [2.75, 3.05) is 0 Å². The highest BCUT2D eigenvalue weighted by Gasteiger charge is 2.32. The third-order valence-electron chi connectivity index (χ3n) is 27.3. The molecule has 0 aliphatic rings. The lowest BCUT2D eigenvalue weighted by Gasteiger charge is -2.11. The molecule has 0 aliphatic carbocycles. The van der Waals surface area contributed by atoms with E-state index in [1.807, 2.05) is 49.4 Å². The van der Waals surface area contributed by atoms with Crippen LogP contribution in [0.3, 0.4) is 0 Å². The van der Waals surface area contributed by atoms with Crippen LogP contribution in [0.5, 0.6) is 0 Å². The Hall–Kier alpha value is -17.9. The molecule has 594 valence electrons. The Morgan fingerprint density at radius 2 is 0.535 bits per heavy atom. The van der Waals surface area contributed by atoms with Crippen molar-refractivity contribution in [1.82, 2.24) is 71.8 Å². The molecule has 15 heterocycles. The van der Waals surface area contributed by atoms with Crippen molar-refractivity contribution in [2.45, 2.75) is 6.92 Å². The summed E-state index contributed by atoms with van der Waals surface area (Å²) in [5.41, 5.74) is 22.1. The molecule has 0 fully saturated rings. The van der Waals surface area contributed by atoms with Crippen molar-refractivity contribution in [2.24, 2.45) is 0 Å². The Kier molecular flexibility index (Phi) is 13.9. The first-order valence-electron chi connectivity index (χ1n) is 43.3. The Labute approximate surface area is 729 Å². The zero-order chi connectivity index (χ0) is 84.3. The zero-order valence-electron chi connectivity index (χ0n) is 68.7. The fraction of sp³-hybridized carbons (Fsp3) is 0.00885. The minimum absolute atomic E-state index is 0.299. The van der Waals surface area contributed by atoms with Gasteiger partial charge in [0.25, 0.3) is 5.82 Å². The fourth-order valence-corrected chi connectivity index (χ4v) is 22.2. The quantitative estimate of drug-likeness (QED) is 0.157. The lowest BCUT2D eigenvalue weighted by atomic mass is 9.98. The first kappa shape index (κ1) is 69.6. The van der Waals surface area contributed by atoms with E-state index >= 15 is 0 Å². The van der Waals surface area contributed by atoms with Crippen molar-refractivity contribution in [3.05, 3.63) is 375 Å². The third kappa shape index (κ3) is 9.33. The number of benzene rings is 16. The Balaban J connectivity index is 0.0000000957. The van der Waals surface area contributed by atoms with Crippen LogP contribution in [-0.4, -0.2) is 71.8 Å². The zero-order valence-corrected chi connectivity index (χ0v) is 68.7. The van der Waals surface area contributed by atoms with Gasteiger partial charge in [-0.3, -0.25) is 13.7 Å². The second-order valence-corrected chi connectivity index (χ2v) is 33.7. The maximum atomic E-state index is 7.87. The molecule has 0 aliphatic heterocycles. The molecule has 31 aromatic rings. The van der Waals surface area contributed by atoms with E-state index in [0.29, 0.717) is 46.0 Å². The van der Waals surface area contributed by atoms with E-state index in [4.69, 9.17) is 41.5 Å². The average molecular weight is 1640 g/mol. The van der Waals surface area contributed by atoms with E-state index in [2.05, 4.69) is 339 Å². The highest BCUT2D eigenvalue weighted by molar-refractivity contribution is 6.42. The van der Waals surface area contributed by atoms with Gasteiger partial charge in [-0.25, -0.2) is 24.9 Å². The molecule has 0 radical (unpaired) electrons. The summed E-state index contributed by atoms with van der Waals surface area (Å²) in [7, 11) is 0. The van der Waals surface area contributed by atoms with Gasteiger partial charge in [-0.05, 0) is 142 Å². The molecule has 0 saturated carbocycles. The predicted molar refractivity (Wildman–Crippen MR) is 528 cm³/mol. The van der Waals surface area contributed by atoms with E-state index in [1.165, 1.54) is 168 Å². The molecule has 31 rings (SSSR count). The Morgan fingerprint density at radius 1 is 0.225 bits per heavy atom. The van der Waals surface area contributed by atoms with E-state index in [1.54, 1.807) is 18.6 Å². The summed E-state index contributed by atoms with van der Waals surface area (Å²) in [4.78, 5) is 47.8. The number of fused-ring (bicyclic) bond motifs is 39. The van der Waals surface area contributed by atoms with Crippen molar-refractivity contribution in [1.29, 1.82) is 0 Å². The van der Waals surface area contributed by atoms with Crippen molar-refractivity contribution < 1.29 is 0 Å². The molecule has 15 aromatic heterocycles. The normalized spacial score (nSPS) is 12.4. The number of hydrogen-bond donors (Lipinski definition) is 0. The standard InChI is InChI=1S/C41H23N5.C36H18N6.C36H21N5/c1-2-12-25(13-3-1)38-29-17-10-22-42-40(29)44-41(43-38)46-32-19-9-7-16-28(32)36-34(46)23-30-27-15-6-8-18-31(27)45-33-21-20-24-11-4-5-14-26(24)35(33)37(36)39(30)45;1-37-34-24-13-8-18-38-35(24)40-36(39-34)42-27-15-7-5-12-23(27)31-29(42)19-25-22-11-4-6-14-26(22)41-28-17-16-20-9-2-3-10-21(20)30(28)32(31)33(25)41;1-20-22-13-8-18-37-35(22)39-36(38-20)41-28-15-7-5-12-25(28)32-30(41)19-26-24-11-4-6-14-27(24)40-29-17-16-21-9-2-3-10-23(21)31(29)33(32)34(26)40/h1-23H;2-19H;2-19H,1H3. The molecule has 0 N–H and O–H groups in total. The molecule has 0 saturated heterocycles. The summed E-state index contributed by atoms with van der Waals surface area (Å²) in [5.74, 6) is 2.01. The molecule has 0 atom stereocenters. The first-order valence-corrected chi connectivity index (χ1v) is 43.3. The van der Waals surface area contributed by atoms with Gasteiger partial charge in [-0.15, -0.1) is 0 Å². The molecule has 0 unspecified atom stereocenters. The number of aryl methyl sites for hydroxylation is 1. The van der Waals surface area contributed by atoms with E-state index in [0.717, 1.165) is 71.6 Å². The van der Waals surface area contributed by atoms with E-state index < -0.39 is 0 Å². The average Bonchev–Trinajstić information content (AvgIpc) is 1.52. The lowest BCUT2D eigenvalue weighted by molar-refractivity contribution is 0.981. The number of hydrogen-bond acceptors (Lipinski definition) is 9. The molecule has 0 bridgehead atoms. The fourth-order valence-electron chi connectivity index (χ4n) is 22.2. The summed E-state index contributed by atoms with van der Waals surface area (Å²) >= 11 is 0. The van der Waals surface area contributed by atoms with Crippen LogP contribution in [0.1, 0.15) is 5.69 Å². The molecule has 129 heavy (non-hydrogen) atoms. The van der Waals surface area contributed by atoms with Gasteiger partial charge in [0.05, 0.1) is 94.1 Å². The van der Waals surface area contributed by atoms with Crippen LogP contribution in [-0.2, 0) is 0 Å². The summed E-state index contributed by atoms with van der Waals surface area (Å²) in [6.45, 7) is 9.91. The van der Waals surface area contributed by atoms with Crippen LogP contribution in [0.15, 0.2) is 358 Å². The number of para-hydroxylation sites is 6. The molecule has 16 heteroatoms. The summed E-state index contributed by atoms with van der Waals surface area (Å²) < 4.78 is 14.0. The van der Waals surface area contributed by atoms with E-state index in [9.17, 15) is 0 Å². The minimum Gasteiger partial charge on any atom is -0.360 e. The van der Waals surface area contributed by atoms with Crippen LogP contribution in [0.2, 0.25) is 0 Å². The highest BCUT2D eigenvalue weighted by Crippen LogP contribution is 2.53. The van der Waals surface area contributed by atoms with Gasteiger partial charge >= 0.3 is 5.95 Å². The van der Waals surface area contributed by atoms with Gasteiger partial charge in [-0.1, -0.05) is 248 Å². The summed E-state index contributed by atoms with van der Waals surface area (Å²) in [6.07, 6.45) is 5.31. The molecule has 0 amide bonds. The van der Waals surface area contributed by atoms with Crippen LogP contribution >= 0.6 is 0 Å². The van der Waals surface area contributed by atoms with Crippen LogP contribution in [0.25, 0.3) is 279 Å². The van der Waals surface area contributed by atoms with Gasteiger partial charge in [0.15, 0.2) is 16.9 Å². The monoisotopic (exact) mass is 1640 g/mol. The van der Waals surface area contributed by atoms with Gasteiger partial charge in [0, 0.05) is 137 Å². The minimum atomic E-state index is 0.299. The molecule has 16 aromatic carbocycles. The van der Waals surface area contributed by atoms with Crippen molar-refractivity contribution in [3.63, 3.8) is 0 Å². The van der Waals surface area contributed by atoms with Crippen LogP contribution in [0, 0.1) is 13.5 Å². The van der Waals surface area contributed by atoms with Crippen LogP contribution in [0.4, 0.5) is 5.82 Å². The SMILES string of the molecule is Cc1nc(-n2c3ccccc3c3c4c5c6ccccc6ccc5n5c6ccccc6c(cc32)c45)nc2ncccc12.[C-]#[N+]c1nc(-n2c3ccccc3c3c4c5c6ccccc6ccc5n5c6ccccc6c(cc32)c45)nc2ncccc12.c1ccc(-c2nc(-n3c4ccccc4c4c5c6c7ccccc7ccc6n6c7ccccc7c(cc43)c56)nc3ncccc23)cc1. The predicted octanol–water partition coefficient (Wildman–Crippen LogP) is 27.8. The Morgan fingerprint density at radius 3 is 0.946 bits per heavy atom. The highest BCUT2D eigenvalue weighted by atomic mass is 15.2. The molecular formula is C113H62N16. The number of aromatic nitrogens is 15.